The zero-order valence-electron chi connectivity index (χ0n) is 14.2. The molecule has 0 radical (unpaired) electrons. The molecule has 1 heterocycles. The van der Waals surface area contributed by atoms with Gasteiger partial charge in [-0.05, 0) is 41.6 Å². The van der Waals surface area contributed by atoms with E-state index >= 15 is 0 Å². The van der Waals surface area contributed by atoms with Crippen molar-refractivity contribution in [2.75, 3.05) is 13.7 Å². The molecule has 5 heteroatoms. The first kappa shape index (κ1) is 18.3. The number of aliphatic hydroxyl groups is 1. The van der Waals surface area contributed by atoms with E-state index in [2.05, 4.69) is 34.4 Å². The third-order valence-corrected chi connectivity index (χ3v) is 5.33. The highest BCUT2D eigenvalue weighted by atomic mass is 79.9. The quantitative estimate of drug-likeness (QED) is 0.541. The van der Waals surface area contributed by atoms with Crippen molar-refractivity contribution in [1.29, 1.82) is 0 Å². The van der Waals surface area contributed by atoms with E-state index in [1.165, 1.54) is 0 Å². The molecule has 0 aliphatic heterocycles. The van der Waals surface area contributed by atoms with Crippen LogP contribution in [0.3, 0.4) is 0 Å². The number of aromatic nitrogens is 1. The fourth-order valence-corrected chi connectivity index (χ4v) is 3.47. The Bertz CT molecular complexity index is 576. The van der Waals surface area contributed by atoms with E-state index in [0.29, 0.717) is 23.8 Å². The summed E-state index contributed by atoms with van der Waals surface area (Å²) >= 11 is 3.47. The molecule has 2 atom stereocenters. The molecule has 128 valence electrons. The van der Waals surface area contributed by atoms with Crippen LogP contribution in [-0.2, 0) is 0 Å². The molecule has 2 unspecified atom stereocenters. The van der Waals surface area contributed by atoms with E-state index in [-0.39, 0.29) is 5.41 Å². The first-order valence-corrected chi connectivity index (χ1v) is 8.96. The summed E-state index contributed by atoms with van der Waals surface area (Å²) < 4.78 is 12.1. The Morgan fingerprint density at radius 1 is 1.48 bits per heavy atom. The average molecular weight is 384 g/mol. The lowest BCUT2D eigenvalue weighted by Crippen LogP contribution is -2.25. The van der Waals surface area contributed by atoms with Crippen LogP contribution in [0.25, 0.3) is 0 Å². The molecule has 1 aromatic heterocycles. The zero-order chi connectivity index (χ0) is 17.0. The van der Waals surface area contributed by atoms with Crippen molar-refractivity contribution in [2.45, 2.75) is 52.1 Å². The van der Waals surface area contributed by atoms with Crippen molar-refractivity contribution >= 4 is 15.9 Å². The van der Waals surface area contributed by atoms with E-state index in [1.807, 2.05) is 6.92 Å². The Labute approximate surface area is 147 Å². The van der Waals surface area contributed by atoms with E-state index in [4.69, 9.17) is 9.47 Å². The molecule has 23 heavy (non-hydrogen) atoms. The number of hydrogen-bond acceptors (Lipinski definition) is 4. The molecule has 1 aromatic rings. The van der Waals surface area contributed by atoms with Gasteiger partial charge in [-0.2, -0.15) is 0 Å². The SMILES string of the molecule is C=C1CCCC1(C)C(O)c1ncc(Br)c(OCCCC)c1OC. The van der Waals surface area contributed by atoms with Crippen molar-refractivity contribution < 1.29 is 14.6 Å². The molecule has 1 N–H and O–H groups in total. The minimum Gasteiger partial charge on any atom is -0.491 e. The second kappa shape index (κ2) is 7.67. The van der Waals surface area contributed by atoms with Gasteiger partial charge in [0.25, 0.3) is 0 Å². The molecule has 4 nitrogen and oxygen atoms in total. The second-order valence-corrected chi connectivity index (χ2v) is 7.19. The number of aliphatic hydroxyl groups excluding tert-OH is 1. The molecule has 2 rings (SSSR count). The van der Waals surface area contributed by atoms with Crippen LogP contribution in [0.15, 0.2) is 22.8 Å². The Hall–Kier alpha value is -1.07. The third-order valence-electron chi connectivity index (χ3n) is 4.77. The van der Waals surface area contributed by atoms with Crippen LogP contribution in [-0.4, -0.2) is 23.8 Å². The molecular formula is C18H26BrNO3. The second-order valence-electron chi connectivity index (χ2n) is 6.33. The number of nitrogens with zero attached hydrogens (tertiary/aromatic N) is 1. The van der Waals surface area contributed by atoms with Crippen LogP contribution in [0.4, 0.5) is 0 Å². The number of rotatable bonds is 7. The van der Waals surface area contributed by atoms with Crippen LogP contribution in [0.2, 0.25) is 0 Å². The topological polar surface area (TPSA) is 51.6 Å². The standard InChI is InChI=1S/C18H26BrNO3/c1-5-6-10-23-15-13(19)11-20-14(16(15)22-4)17(21)18(3)9-7-8-12(18)2/h11,17,21H,2,5-10H2,1,3-4H3. The normalized spacial score (nSPS) is 22.2. The summed E-state index contributed by atoms with van der Waals surface area (Å²) in [5.41, 5.74) is 1.23. The van der Waals surface area contributed by atoms with Crippen LogP contribution < -0.4 is 9.47 Å². The van der Waals surface area contributed by atoms with Gasteiger partial charge in [-0.15, -0.1) is 0 Å². The van der Waals surface area contributed by atoms with Gasteiger partial charge >= 0.3 is 0 Å². The number of ether oxygens (including phenoxy) is 2. The summed E-state index contributed by atoms with van der Waals surface area (Å²) in [6, 6.07) is 0. The fraction of sp³-hybridized carbons (Fsp3) is 0.611. The highest BCUT2D eigenvalue weighted by Gasteiger charge is 2.42. The molecular weight excluding hydrogens is 358 g/mol. The summed E-state index contributed by atoms with van der Waals surface area (Å²) in [5, 5.41) is 11.0. The van der Waals surface area contributed by atoms with Crippen LogP contribution in [0.1, 0.15) is 57.7 Å². The first-order valence-electron chi connectivity index (χ1n) is 8.17. The largest absolute Gasteiger partial charge is 0.491 e. The fourth-order valence-electron chi connectivity index (χ4n) is 3.08. The summed E-state index contributed by atoms with van der Waals surface area (Å²) in [5.74, 6) is 1.11. The third kappa shape index (κ3) is 3.56. The number of unbranched alkanes of at least 4 members (excludes halogenated alkanes) is 1. The molecule has 0 spiro atoms. The van der Waals surface area contributed by atoms with Gasteiger partial charge < -0.3 is 14.6 Å². The average Bonchev–Trinajstić information content (AvgIpc) is 2.88. The summed E-state index contributed by atoms with van der Waals surface area (Å²) in [4.78, 5) is 4.42. The number of methoxy groups -OCH3 is 1. The van der Waals surface area contributed by atoms with E-state index in [9.17, 15) is 5.11 Å². The molecule has 1 aliphatic rings. The van der Waals surface area contributed by atoms with Gasteiger partial charge in [0.2, 0.25) is 0 Å². The Morgan fingerprint density at radius 2 is 2.22 bits per heavy atom. The molecule has 1 saturated carbocycles. The Balaban J connectivity index is 2.38. The van der Waals surface area contributed by atoms with Crippen LogP contribution in [0, 0.1) is 5.41 Å². The highest BCUT2D eigenvalue weighted by Crippen LogP contribution is 2.52. The van der Waals surface area contributed by atoms with Crippen molar-refractivity contribution in [3.8, 4) is 11.5 Å². The monoisotopic (exact) mass is 383 g/mol. The Morgan fingerprint density at radius 3 is 2.78 bits per heavy atom. The highest BCUT2D eigenvalue weighted by molar-refractivity contribution is 9.10. The maximum atomic E-state index is 11.0. The maximum absolute atomic E-state index is 11.0. The van der Waals surface area contributed by atoms with Gasteiger partial charge in [-0.3, -0.25) is 4.98 Å². The lowest BCUT2D eigenvalue weighted by molar-refractivity contribution is 0.0594. The maximum Gasteiger partial charge on any atom is 0.186 e. The van der Waals surface area contributed by atoms with Gasteiger partial charge in [0.1, 0.15) is 11.8 Å². The van der Waals surface area contributed by atoms with Crippen molar-refractivity contribution in [1.82, 2.24) is 4.98 Å². The van der Waals surface area contributed by atoms with Crippen molar-refractivity contribution in [3.05, 3.63) is 28.5 Å². The van der Waals surface area contributed by atoms with Gasteiger partial charge in [0.15, 0.2) is 11.5 Å². The summed E-state index contributed by atoms with van der Waals surface area (Å²) in [6.45, 7) is 8.91. The molecule has 0 aromatic carbocycles. The predicted octanol–water partition coefficient (Wildman–Crippen LogP) is 4.81. The van der Waals surface area contributed by atoms with Crippen LogP contribution >= 0.6 is 15.9 Å². The van der Waals surface area contributed by atoms with E-state index < -0.39 is 6.10 Å². The summed E-state index contributed by atoms with van der Waals surface area (Å²) in [7, 11) is 1.58. The summed E-state index contributed by atoms with van der Waals surface area (Å²) in [6.07, 6.45) is 5.83. The number of pyridine rings is 1. The molecule has 0 amide bonds. The zero-order valence-corrected chi connectivity index (χ0v) is 15.8. The molecule has 0 saturated heterocycles. The predicted molar refractivity (Wildman–Crippen MR) is 94.9 cm³/mol. The minimum atomic E-state index is -0.755. The van der Waals surface area contributed by atoms with E-state index in [1.54, 1.807) is 13.3 Å². The van der Waals surface area contributed by atoms with E-state index in [0.717, 1.165) is 42.1 Å². The lowest BCUT2D eigenvalue weighted by atomic mass is 9.78. The Kier molecular flexibility index (Phi) is 6.09. The van der Waals surface area contributed by atoms with Gasteiger partial charge in [-0.1, -0.05) is 32.4 Å². The smallest absolute Gasteiger partial charge is 0.186 e. The van der Waals surface area contributed by atoms with Gasteiger partial charge in [-0.25, -0.2) is 0 Å². The van der Waals surface area contributed by atoms with Crippen LogP contribution in [0.5, 0.6) is 11.5 Å². The lowest BCUT2D eigenvalue weighted by Gasteiger charge is -2.32. The minimum absolute atomic E-state index is 0.366. The number of hydrogen-bond donors (Lipinski definition) is 1. The van der Waals surface area contributed by atoms with Gasteiger partial charge in [0.05, 0.1) is 18.2 Å². The van der Waals surface area contributed by atoms with Crippen molar-refractivity contribution in [2.24, 2.45) is 5.41 Å². The molecule has 0 bridgehead atoms. The number of halogens is 1. The molecule has 1 fully saturated rings. The molecule has 1 aliphatic carbocycles. The van der Waals surface area contributed by atoms with Gasteiger partial charge in [0, 0.05) is 11.6 Å². The first-order chi connectivity index (χ1) is 11.0. The van der Waals surface area contributed by atoms with Crippen molar-refractivity contribution in [3.63, 3.8) is 0 Å².